The van der Waals surface area contributed by atoms with Gasteiger partial charge < -0.3 is 20.1 Å². The Labute approximate surface area is 125 Å². The van der Waals surface area contributed by atoms with Crippen molar-refractivity contribution in [2.45, 2.75) is 12.5 Å². The van der Waals surface area contributed by atoms with Crippen LogP contribution in [-0.4, -0.2) is 45.4 Å². The number of benzene rings is 1. The highest BCUT2D eigenvalue weighted by molar-refractivity contribution is 5.94. The highest BCUT2D eigenvalue weighted by atomic mass is 35.5. The molecule has 1 aliphatic heterocycles. The maximum atomic E-state index is 12.0. The molecule has 1 aromatic carbocycles. The first-order valence-electron chi connectivity index (χ1n) is 6.53. The fraction of sp³-hybridized carbons (Fsp3) is 0.500. The van der Waals surface area contributed by atoms with E-state index in [1.54, 1.807) is 31.4 Å². The van der Waals surface area contributed by atoms with Gasteiger partial charge in [0.05, 0.1) is 6.61 Å². The maximum absolute atomic E-state index is 12.0. The zero-order chi connectivity index (χ0) is 13.5. The molecule has 2 rings (SSSR count). The summed E-state index contributed by atoms with van der Waals surface area (Å²) < 4.78 is 10.4. The second-order valence-electron chi connectivity index (χ2n) is 4.53. The van der Waals surface area contributed by atoms with Crippen molar-refractivity contribution in [1.82, 2.24) is 10.6 Å². The zero-order valence-corrected chi connectivity index (χ0v) is 12.4. The summed E-state index contributed by atoms with van der Waals surface area (Å²) in [7, 11) is 1.63. The molecular formula is C14H21ClN2O3. The van der Waals surface area contributed by atoms with Crippen LogP contribution < -0.4 is 15.4 Å². The van der Waals surface area contributed by atoms with Gasteiger partial charge in [-0.05, 0) is 37.2 Å². The van der Waals surface area contributed by atoms with E-state index in [1.165, 1.54) is 0 Å². The highest BCUT2D eigenvalue weighted by Crippen LogP contribution is 2.12. The molecule has 1 amide bonds. The van der Waals surface area contributed by atoms with E-state index in [0.29, 0.717) is 18.8 Å². The molecule has 1 unspecified atom stereocenters. The van der Waals surface area contributed by atoms with Crippen LogP contribution in [0, 0.1) is 0 Å². The van der Waals surface area contributed by atoms with Gasteiger partial charge in [-0.25, -0.2) is 0 Å². The van der Waals surface area contributed by atoms with Crippen LogP contribution in [0.2, 0.25) is 0 Å². The third-order valence-corrected chi connectivity index (χ3v) is 3.07. The van der Waals surface area contributed by atoms with E-state index >= 15 is 0 Å². The van der Waals surface area contributed by atoms with E-state index in [4.69, 9.17) is 9.47 Å². The molecule has 0 saturated carbocycles. The number of hydrogen-bond acceptors (Lipinski definition) is 4. The number of hydrogen-bond donors (Lipinski definition) is 2. The fourth-order valence-corrected chi connectivity index (χ4v) is 1.99. The van der Waals surface area contributed by atoms with Gasteiger partial charge >= 0.3 is 0 Å². The van der Waals surface area contributed by atoms with Crippen LogP contribution in [-0.2, 0) is 4.74 Å². The molecule has 5 nitrogen and oxygen atoms in total. The van der Waals surface area contributed by atoms with Crippen LogP contribution in [0.25, 0.3) is 0 Å². The van der Waals surface area contributed by atoms with Gasteiger partial charge in [0.1, 0.15) is 12.4 Å². The van der Waals surface area contributed by atoms with Gasteiger partial charge in [-0.15, -0.1) is 12.4 Å². The van der Waals surface area contributed by atoms with Crippen LogP contribution >= 0.6 is 12.4 Å². The van der Waals surface area contributed by atoms with Crippen LogP contribution in [0.3, 0.4) is 0 Å². The van der Waals surface area contributed by atoms with Crippen molar-refractivity contribution in [3.05, 3.63) is 29.8 Å². The van der Waals surface area contributed by atoms with Crippen LogP contribution in [0.1, 0.15) is 16.8 Å². The molecule has 112 valence electrons. The maximum Gasteiger partial charge on any atom is 0.251 e. The molecule has 1 aromatic rings. The molecule has 1 fully saturated rings. The molecule has 0 spiro atoms. The van der Waals surface area contributed by atoms with Gasteiger partial charge in [-0.1, -0.05) is 0 Å². The first kappa shape index (κ1) is 16.8. The fourth-order valence-electron chi connectivity index (χ4n) is 1.99. The molecular weight excluding hydrogens is 280 g/mol. The van der Waals surface area contributed by atoms with Gasteiger partial charge in [0, 0.05) is 25.3 Å². The highest BCUT2D eigenvalue weighted by Gasteiger charge is 2.17. The number of methoxy groups -OCH3 is 1. The Hall–Kier alpha value is -1.30. The van der Waals surface area contributed by atoms with Crippen LogP contribution in [0.5, 0.6) is 5.75 Å². The summed E-state index contributed by atoms with van der Waals surface area (Å²) in [5, 5.41) is 6.23. The van der Waals surface area contributed by atoms with Crippen molar-refractivity contribution in [2.75, 3.05) is 33.4 Å². The van der Waals surface area contributed by atoms with Crippen molar-refractivity contribution < 1.29 is 14.3 Å². The predicted molar refractivity (Wildman–Crippen MR) is 79.8 cm³/mol. The Morgan fingerprint density at radius 3 is 2.70 bits per heavy atom. The molecule has 1 heterocycles. The third kappa shape index (κ3) is 5.00. The van der Waals surface area contributed by atoms with Crippen molar-refractivity contribution >= 4 is 18.3 Å². The number of rotatable bonds is 6. The lowest BCUT2D eigenvalue weighted by atomic mass is 10.2. The Morgan fingerprint density at radius 1 is 1.35 bits per heavy atom. The minimum absolute atomic E-state index is 0. The number of carbonyl (C=O) groups excluding carboxylic acids is 1. The minimum atomic E-state index is -0.0304. The zero-order valence-electron chi connectivity index (χ0n) is 11.6. The van der Waals surface area contributed by atoms with Crippen molar-refractivity contribution in [3.8, 4) is 5.75 Å². The summed E-state index contributed by atoms with van der Waals surface area (Å²) in [6, 6.07) is 7.40. The molecule has 0 aromatic heterocycles. The summed E-state index contributed by atoms with van der Waals surface area (Å²) in [6.45, 7) is 2.88. The Balaban J connectivity index is 0.00000200. The average molecular weight is 301 g/mol. The SMILES string of the molecule is COCCOc1ccc(C(=O)NC2CCNC2)cc1.Cl. The van der Waals surface area contributed by atoms with Gasteiger partial charge in [0.15, 0.2) is 0 Å². The van der Waals surface area contributed by atoms with Crippen molar-refractivity contribution in [2.24, 2.45) is 0 Å². The Kier molecular flexibility index (Phi) is 7.36. The summed E-state index contributed by atoms with van der Waals surface area (Å²) in [5.41, 5.74) is 0.658. The first-order chi connectivity index (χ1) is 9.29. The molecule has 0 bridgehead atoms. The van der Waals surface area contributed by atoms with Gasteiger partial charge in [-0.3, -0.25) is 4.79 Å². The average Bonchev–Trinajstić information content (AvgIpc) is 2.93. The summed E-state index contributed by atoms with van der Waals surface area (Å²) in [6.07, 6.45) is 0.990. The molecule has 0 radical (unpaired) electrons. The lowest BCUT2D eigenvalue weighted by Crippen LogP contribution is -2.36. The third-order valence-electron chi connectivity index (χ3n) is 3.07. The van der Waals surface area contributed by atoms with E-state index in [2.05, 4.69) is 10.6 Å². The first-order valence-corrected chi connectivity index (χ1v) is 6.53. The number of halogens is 1. The van der Waals surface area contributed by atoms with E-state index in [0.717, 1.165) is 25.3 Å². The largest absolute Gasteiger partial charge is 0.491 e. The van der Waals surface area contributed by atoms with Gasteiger partial charge in [-0.2, -0.15) is 0 Å². The van der Waals surface area contributed by atoms with E-state index in [9.17, 15) is 4.79 Å². The minimum Gasteiger partial charge on any atom is -0.491 e. The number of carbonyl (C=O) groups is 1. The number of ether oxygens (including phenoxy) is 2. The van der Waals surface area contributed by atoms with E-state index in [-0.39, 0.29) is 24.4 Å². The van der Waals surface area contributed by atoms with E-state index in [1.807, 2.05) is 0 Å². The molecule has 2 N–H and O–H groups in total. The standard InChI is InChI=1S/C14H20N2O3.ClH/c1-18-8-9-19-13-4-2-11(3-5-13)14(17)16-12-6-7-15-10-12;/h2-5,12,15H,6-10H2,1H3,(H,16,17);1H. The monoisotopic (exact) mass is 300 g/mol. The quantitative estimate of drug-likeness (QED) is 0.776. The second-order valence-corrected chi connectivity index (χ2v) is 4.53. The van der Waals surface area contributed by atoms with Crippen LogP contribution in [0.15, 0.2) is 24.3 Å². The Bertz CT molecular complexity index is 405. The molecule has 0 aliphatic carbocycles. The molecule has 1 saturated heterocycles. The molecule has 20 heavy (non-hydrogen) atoms. The lowest BCUT2D eigenvalue weighted by Gasteiger charge is -2.11. The molecule has 1 aliphatic rings. The Morgan fingerprint density at radius 2 is 2.10 bits per heavy atom. The lowest BCUT2D eigenvalue weighted by molar-refractivity contribution is 0.0940. The second kappa shape index (κ2) is 8.79. The number of nitrogens with one attached hydrogen (secondary N) is 2. The summed E-state index contributed by atoms with van der Waals surface area (Å²) >= 11 is 0. The summed E-state index contributed by atoms with van der Waals surface area (Å²) in [4.78, 5) is 12.0. The topological polar surface area (TPSA) is 59.6 Å². The van der Waals surface area contributed by atoms with Gasteiger partial charge in [0.2, 0.25) is 0 Å². The number of amides is 1. The normalized spacial score (nSPS) is 17.4. The van der Waals surface area contributed by atoms with Crippen LogP contribution in [0.4, 0.5) is 0 Å². The van der Waals surface area contributed by atoms with Gasteiger partial charge in [0.25, 0.3) is 5.91 Å². The summed E-state index contributed by atoms with van der Waals surface area (Å²) in [5.74, 6) is 0.716. The smallest absolute Gasteiger partial charge is 0.251 e. The van der Waals surface area contributed by atoms with E-state index < -0.39 is 0 Å². The predicted octanol–water partition coefficient (Wildman–Crippen LogP) is 1.23. The molecule has 6 heteroatoms. The molecule has 1 atom stereocenters. The van der Waals surface area contributed by atoms with Crippen molar-refractivity contribution in [3.63, 3.8) is 0 Å². The van der Waals surface area contributed by atoms with Crippen molar-refractivity contribution in [1.29, 1.82) is 0 Å².